The number of nitrogens with zero attached hydrogens (tertiary/aromatic N) is 4. The average molecular weight is 290 g/mol. The summed E-state index contributed by atoms with van der Waals surface area (Å²) < 4.78 is 12.3. The van der Waals surface area contributed by atoms with Crippen LogP contribution in [0, 0.1) is 0 Å². The first-order valence-electron chi connectivity index (χ1n) is 7.00. The van der Waals surface area contributed by atoms with E-state index >= 15 is 0 Å². The third-order valence-corrected chi connectivity index (χ3v) is 3.56. The zero-order valence-electron chi connectivity index (χ0n) is 12.2. The molecule has 0 fully saturated rings. The normalized spacial score (nSPS) is 14.3. The van der Waals surface area contributed by atoms with Gasteiger partial charge in [0.05, 0.1) is 6.54 Å². The molecule has 0 N–H and O–H groups in total. The van der Waals surface area contributed by atoms with E-state index in [1.54, 1.807) is 29.0 Å². The van der Waals surface area contributed by atoms with Gasteiger partial charge in [0, 0.05) is 32.8 Å². The lowest BCUT2D eigenvalue weighted by Crippen LogP contribution is -2.37. The number of fused-ring (bicyclic) bond motifs is 1. The van der Waals surface area contributed by atoms with Gasteiger partial charge in [0.15, 0.2) is 0 Å². The van der Waals surface area contributed by atoms with E-state index in [4.69, 9.17) is 9.15 Å². The molecule has 2 aromatic heterocycles. The molecule has 1 aliphatic rings. The maximum Gasteiger partial charge on any atom is 0.272 e. The number of aromatic nitrogens is 3. The molecule has 2 aromatic rings. The van der Waals surface area contributed by atoms with Crippen molar-refractivity contribution in [3.63, 3.8) is 0 Å². The summed E-state index contributed by atoms with van der Waals surface area (Å²) in [6.45, 7) is 4.09. The summed E-state index contributed by atoms with van der Waals surface area (Å²) in [5.41, 5.74) is 1.44. The number of amides is 1. The van der Waals surface area contributed by atoms with E-state index in [9.17, 15) is 4.79 Å². The van der Waals surface area contributed by atoms with Crippen LogP contribution >= 0.6 is 0 Å². The Kier molecular flexibility index (Phi) is 3.74. The molecule has 1 aliphatic heterocycles. The molecular formula is C14H18N4O3. The first kappa shape index (κ1) is 13.8. The largest absolute Gasteiger partial charge is 0.443 e. The van der Waals surface area contributed by atoms with Gasteiger partial charge >= 0.3 is 0 Å². The predicted octanol–water partition coefficient (Wildman–Crippen LogP) is 1.24. The van der Waals surface area contributed by atoms with Crippen LogP contribution in [-0.4, -0.2) is 39.2 Å². The van der Waals surface area contributed by atoms with Crippen LogP contribution in [0.15, 0.2) is 16.7 Å². The van der Waals surface area contributed by atoms with Gasteiger partial charge in [0.2, 0.25) is 5.89 Å². The summed E-state index contributed by atoms with van der Waals surface area (Å²) in [7, 11) is 1.60. The minimum absolute atomic E-state index is 0.0173. The molecule has 0 atom stereocenters. The van der Waals surface area contributed by atoms with Crippen molar-refractivity contribution in [2.75, 3.05) is 13.7 Å². The fraction of sp³-hybridized carbons (Fsp3) is 0.500. The number of methoxy groups -OCH3 is 1. The van der Waals surface area contributed by atoms with Gasteiger partial charge < -0.3 is 14.1 Å². The van der Waals surface area contributed by atoms with Crippen LogP contribution in [0.25, 0.3) is 0 Å². The predicted molar refractivity (Wildman–Crippen MR) is 73.6 cm³/mol. The van der Waals surface area contributed by atoms with E-state index in [-0.39, 0.29) is 5.91 Å². The van der Waals surface area contributed by atoms with Crippen molar-refractivity contribution in [1.29, 1.82) is 0 Å². The first-order valence-corrected chi connectivity index (χ1v) is 7.00. The Labute approximate surface area is 122 Å². The van der Waals surface area contributed by atoms with E-state index in [2.05, 4.69) is 10.1 Å². The smallest absolute Gasteiger partial charge is 0.272 e. The molecule has 0 radical (unpaired) electrons. The summed E-state index contributed by atoms with van der Waals surface area (Å²) in [5, 5.41) is 4.14. The number of hydrogen-bond acceptors (Lipinski definition) is 5. The maximum atomic E-state index is 12.6. The molecule has 21 heavy (non-hydrogen) atoms. The Morgan fingerprint density at radius 2 is 2.38 bits per heavy atom. The van der Waals surface area contributed by atoms with Gasteiger partial charge in [-0.1, -0.05) is 0 Å². The van der Waals surface area contributed by atoms with E-state index in [0.29, 0.717) is 44.2 Å². The molecule has 7 heteroatoms. The number of rotatable bonds is 4. The molecule has 0 bridgehead atoms. The molecule has 0 aromatic carbocycles. The second-order valence-electron chi connectivity index (χ2n) is 4.92. The van der Waals surface area contributed by atoms with Gasteiger partial charge in [0.1, 0.15) is 23.8 Å². The molecule has 112 valence electrons. The van der Waals surface area contributed by atoms with Crippen molar-refractivity contribution < 1.29 is 13.9 Å². The zero-order chi connectivity index (χ0) is 14.8. The number of ether oxygens (including phenoxy) is 1. The Morgan fingerprint density at radius 3 is 3.14 bits per heavy atom. The highest BCUT2D eigenvalue weighted by atomic mass is 16.5. The van der Waals surface area contributed by atoms with E-state index < -0.39 is 0 Å². The number of hydrogen-bond donors (Lipinski definition) is 0. The second-order valence-corrected chi connectivity index (χ2v) is 4.92. The van der Waals surface area contributed by atoms with Gasteiger partial charge in [-0.3, -0.25) is 9.48 Å². The maximum absolute atomic E-state index is 12.6. The van der Waals surface area contributed by atoms with Crippen LogP contribution in [0.5, 0.6) is 0 Å². The number of carbonyl (C=O) groups excluding carboxylic acids is 1. The van der Waals surface area contributed by atoms with Crippen LogP contribution in [0.3, 0.4) is 0 Å². The number of oxazole rings is 1. The highest BCUT2D eigenvalue weighted by molar-refractivity contribution is 5.92. The minimum Gasteiger partial charge on any atom is -0.443 e. The Morgan fingerprint density at radius 1 is 1.52 bits per heavy atom. The third kappa shape index (κ3) is 2.56. The molecule has 1 amide bonds. The SMILES string of the molecule is CCn1nccc1C(=O)N1CCc2oc(COC)nc2C1. The second kappa shape index (κ2) is 5.69. The lowest BCUT2D eigenvalue weighted by molar-refractivity contribution is 0.0715. The van der Waals surface area contributed by atoms with Crippen LogP contribution in [0.1, 0.15) is 34.8 Å². The van der Waals surface area contributed by atoms with Gasteiger partial charge in [-0.15, -0.1) is 0 Å². The van der Waals surface area contributed by atoms with Crippen LogP contribution in [0.2, 0.25) is 0 Å². The standard InChI is InChI=1S/C14H18N4O3/c1-3-18-11(4-6-15-18)14(19)17-7-5-12-10(8-17)16-13(21-12)9-20-2/h4,6H,3,5,7-9H2,1-2H3. The average Bonchev–Trinajstić information content (AvgIpc) is 3.11. The molecular weight excluding hydrogens is 272 g/mol. The first-order chi connectivity index (χ1) is 10.2. The van der Waals surface area contributed by atoms with Crippen molar-refractivity contribution in [3.05, 3.63) is 35.3 Å². The van der Waals surface area contributed by atoms with Gasteiger partial charge in [-0.25, -0.2) is 4.98 Å². The highest BCUT2D eigenvalue weighted by Gasteiger charge is 2.27. The lowest BCUT2D eigenvalue weighted by atomic mass is 10.1. The lowest BCUT2D eigenvalue weighted by Gasteiger charge is -2.25. The Hall–Kier alpha value is -2.15. The Balaban J connectivity index is 1.78. The van der Waals surface area contributed by atoms with Gasteiger partial charge in [-0.2, -0.15) is 5.10 Å². The topological polar surface area (TPSA) is 73.4 Å². The summed E-state index contributed by atoms with van der Waals surface area (Å²) in [6, 6.07) is 1.75. The van der Waals surface area contributed by atoms with Crippen molar-refractivity contribution >= 4 is 5.91 Å². The van der Waals surface area contributed by atoms with Gasteiger partial charge in [-0.05, 0) is 13.0 Å². The fourth-order valence-electron chi connectivity index (χ4n) is 2.54. The van der Waals surface area contributed by atoms with Crippen molar-refractivity contribution in [2.24, 2.45) is 0 Å². The summed E-state index contributed by atoms with van der Waals surface area (Å²) in [6.07, 6.45) is 2.33. The van der Waals surface area contributed by atoms with Crippen molar-refractivity contribution in [2.45, 2.75) is 33.0 Å². The molecule has 0 saturated heterocycles. The number of carbonyl (C=O) groups is 1. The summed E-state index contributed by atoms with van der Waals surface area (Å²) in [4.78, 5) is 18.7. The number of aryl methyl sites for hydroxylation is 1. The van der Waals surface area contributed by atoms with Crippen LogP contribution < -0.4 is 0 Å². The Bertz CT molecular complexity index is 646. The molecule has 0 saturated carbocycles. The van der Waals surface area contributed by atoms with Crippen molar-refractivity contribution in [3.8, 4) is 0 Å². The monoisotopic (exact) mass is 290 g/mol. The molecule has 0 aliphatic carbocycles. The quantitative estimate of drug-likeness (QED) is 0.847. The molecule has 3 heterocycles. The van der Waals surface area contributed by atoms with E-state index in [1.165, 1.54) is 0 Å². The fourth-order valence-corrected chi connectivity index (χ4v) is 2.54. The molecule has 3 rings (SSSR count). The third-order valence-electron chi connectivity index (χ3n) is 3.56. The minimum atomic E-state index is -0.0173. The van der Waals surface area contributed by atoms with Crippen molar-refractivity contribution in [1.82, 2.24) is 19.7 Å². The van der Waals surface area contributed by atoms with E-state index in [1.807, 2.05) is 6.92 Å². The van der Waals surface area contributed by atoms with E-state index in [0.717, 1.165) is 11.5 Å². The summed E-state index contributed by atoms with van der Waals surface area (Å²) in [5.74, 6) is 1.40. The molecule has 0 spiro atoms. The zero-order valence-corrected chi connectivity index (χ0v) is 12.2. The van der Waals surface area contributed by atoms with Crippen LogP contribution in [-0.2, 0) is 30.9 Å². The van der Waals surface area contributed by atoms with Gasteiger partial charge in [0.25, 0.3) is 5.91 Å². The highest BCUT2D eigenvalue weighted by Crippen LogP contribution is 2.21. The molecule has 7 nitrogen and oxygen atoms in total. The van der Waals surface area contributed by atoms with Crippen LogP contribution in [0.4, 0.5) is 0 Å². The summed E-state index contributed by atoms with van der Waals surface area (Å²) >= 11 is 0. The molecule has 0 unspecified atom stereocenters.